The highest BCUT2D eigenvalue weighted by Gasteiger charge is 2.11. The minimum absolute atomic E-state index is 0.283. The molecular formula is C12H20N2O2. The molecule has 0 aliphatic rings. The first-order valence-corrected chi connectivity index (χ1v) is 5.31. The van der Waals surface area contributed by atoms with Gasteiger partial charge in [-0.05, 0) is 32.2 Å². The van der Waals surface area contributed by atoms with Gasteiger partial charge in [0, 0.05) is 30.9 Å². The monoisotopic (exact) mass is 224 g/mol. The Hall–Kier alpha value is -1.26. The largest absolute Gasteiger partial charge is 0.508 e. The summed E-state index contributed by atoms with van der Waals surface area (Å²) in [6, 6.07) is 5.41. The van der Waals surface area contributed by atoms with Crippen LogP contribution in [0, 0.1) is 0 Å². The summed E-state index contributed by atoms with van der Waals surface area (Å²) in [6.07, 6.45) is 0. The number of aromatic hydroxyl groups is 1. The maximum atomic E-state index is 9.68. The van der Waals surface area contributed by atoms with Crippen molar-refractivity contribution in [3.8, 4) is 5.75 Å². The molecule has 0 fully saturated rings. The molecule has 0 saturated carbocycles. The Balaban J connectivity index is 2.68. The number of phenolic OH excluding ortho intramolecular Hbond substituents is 1. The number of hydrogen-bond donors (Lipinski definition) is 2. The smallest absolute Gasteiger partial charge is 0.120 e. The normalized spacial score (nSPS) is 13.0. The Morgan fingerprint density at radius 1 is 1.50 bits per heavy atom. The van der Waals surface area contributed by atoms with E-state index in [9.17, 15) is 5.11 Å². The average molecular weight is 224 g/mol. The third-order valence-electron chi connectivity index (χ3n) is 2.68. The van der Waals surface area contributed by atoms with Gasteiger partial charge in [0.1, 0.15) is 5.75 Å². The second kappa shape index (κ2) is 5.72. The van der Waals surface area contributed by atoms with Crippen molar-refractivity contribution in [1.82, 2.24) is 4.90 Å². The van der Waals surface area contributed by atoms with Gasteiger partial charge in [-0.15, -0.1) is 0 Å². The zero-order valence-corrected chi connectivity index (χ0v) is 10.1. The molecule has 0 bridgehead atoms. The summed E-state index contributed by atoms with van der Waals surface area (Å²) in [6.45, 7) is 3.40. The Morgan fingerprint density at radius 2 is 2.19 bits per heavy atom. The summed E-state index contributed by atoms with van der Waals surface area (Å²) in [5.74, 6) is 0.283. The SMILES string of the molecule is COCC(C)N(C)Cc1cc(N)ccc1O. The van der Waals surface area contributed by atoms with Gasteiger partial charge in [-0.25, -0.2) is 0 Å². The number of phenols is 1. The topological polar surface area (TPSA) is 58.7 Å². The number of nitrogen functional groups attached to an aromatic ring is 1. The molecule has 4 nitrogen and oxygen atoms in total. The molecule has 4 heteroatoms. The summed E-state index contributed by atoms with van der Waals surface area (Å²) in [7, 11) is 3.68. The number of ether oxygens (including phenoxy) is 1. The summed E-state index contributed by atoms with van der Waals surface area (Å²) in [5.41, 5.74) is 7.19. The highest BCUT2D eigenvalue weighted by molar-refractivity contribution is 5.47. The van der Waals surface area contributed by atoms with Gasteiger partial charge in [0.25, 0.3) is 0 Å². The standard InChI is InChI=1S/C12H20N2O2/c1-9(8-16-3)14(2)7-10-6-11(13)4-5-12(10)15/h4-6,9,15H,7-8,13H2,1-3H3. The molecule has 16 heavy (non-hydrogen) atoms. The maximum absolute atomic E-state index is 9.68. The molecule has 1 rings (SSSR count). The lowest BCUT2D eigenvalue weighted by atomic mass is 10.1. The van der Waals surface area contributed by atoms with E-state index in [-0.39, 0.29) is 5.75 Å². The predicted octanol–water partition coefficient (Wildman–Crippen LogP) is 1.44. The van der Waals surface area contributed by atoms with Gasteiger partial charge in [-0.2, -0.15) is 0 Å². The van der Waals surface area contributed by atoms with E-state index < -0.39 is 0 Å². The third kappa shape index (κ3) is 3.40. The molecule has 0 aliphatic heterocycles. The van der Waals surface area contributed by atoms with Gasteiger partial charge in [0.15, 0.2) is 0 Å². The highest BCUT2D eigenvalue weighted by Crippen LogP contribution is 2.21. The number of rotatable bonds is 5. The highest BCUT2D eigenvalue weighted by atomic mass is 16.5. The lowest BCUT2D eigenvalue weighted by Gasteiger charge is -2.24. The van der Waals surface area contributed by atoms with E-state index in [0.29, 0.717) is 24.9 Å². The molecule has 0 spiro atoms. The number of benzene rings is 1. The Kier molecular flexibility index (Phi) is 4.58. The minimum Gasteiger partial charge on any atom is -0.508 e. The van der Waals surface area contributed by atoms with Gasteiger partial charge >= 0.3 is 0 Å². The Bertz CT molecular complexity index is 342. The molecule has 1 aromatic rings. The number of methoxy groups -OCH3 is 1. The van der Waals surface area contributed by atoms with Gasteiger partial charge in [-0.1, -0.05) is 0 Å². The van der Waals surface area contributed by atoms with Gasteiger partial charge in [0.05, 0.1) is 6.61 Å². The van der Waals surface area contributed by atoms with Crippen molar-refractivity contribution in [3.05, 3.63) is 23.8 Å². The van der Waals surface area contributed by atoms with Crippen molar-refractivity contribution in [3.63, 3.8) is 0 Å². The van der Waals surface area contributed by atoms with Gasteiger partial charge < -0.3 is 15.6 Å². The number of anilines is 1. The molecule has 0 saturated heterocycles. The van der Waals surface area contributed by atoms with Crippen molar-refractivity contribution >= 4 is 5.69 Å². The van der Waals surface area contributed by atoms with Crippen LogP contribution in [0.25, 0.3) is 0 Å². The Morgan fingerprint density at radius 3 is 2.81 bits per heavy atom. The van der Waals surface area contributed by atoms with Crippen molar-refractivity contribution < 1.29 is 9.84 Å². The van der Waals surface area contributed by atoms with Crippen molar-refractivity contribution in [2.75, 3.05) is 26.5 Å². The molecule has 1 atom stereocenters. The fourth-order valence-corrected chi connectivity index (χ4v) is 1.53. The van der Waals surface area contributed by atoms with Gasteiger partial charge in [-0.3, -0.25) is 4.90 Å². The van der Waals surface area contributed by atoms with Crippen LogP contribution < -0.4 is 5.73 Å². The summed E-state index contributed by atoms with van der Waals surface area (Å²) < 4.78 is 5.09. The molecule has 1 unspecified atom stereocenters. The fourth-order valence-electron chi connectivity index (χ4n) is 1.53. The predicted molar refractivity (Wildman–Crippen MR) is 65.3 cm³/mol. The lowest BCUT2D eigenvalue weighted by Crippen LogP contribution is -2.32. The van der Waals surface area contributed by atoms with Crippen LogP contribution in [0.1, 0.15) is 12.5 Å². The zero-order valence-electron chi connectivity index (χ0n) is 10.1. The van der Waals surface area contributed by atoms with E-state index in [2.05, 4.69) is 11.8 Å². The molecule has 0 aliphatic carbocycles. The molecule has 0 aromatic heterocycles. The molecule has 3 N–H and O–H groups in total. The van der Waals surface area contributed by atoms with Crippen LogP contribution in [0.15, 0.2) is 18.2 Å². The molecule has 90 valence electrons. The van der Waals surface area contributed by atoms with E-state index in [1.54, 1.807) is 25.3 Å². The van der Waals surface area contributed by atoms with Crippen LogP contribution in [-0.2, 0) is 11.3 Å². The van der Waals surface area contributed by atoms with Crippen LogP contribution in [0.4, 0.5) is 5.69 Å². The van der Waals surface area contributed by atoms with Crippen molar-refractivity contribution in [1.29, 1.82) is 0 Å². The summed E-state index contributed by atoms with van der Waals surface area (Å²) in [5, 5.41) is 9.68. The quantitative estimate of drug-likeness (QED) is 0.587. The van der Waals surface area contributed by atoms with Crippen molar-refractivity contribution in [2.45, 2.75) is 19.5 Å². The molecule has 0 heterocycles. The summed E-state index contributed by atoms with van der Waals surface area (Å²) >= 11 is 0. The van der Waals surface area contributed by atoms with Crippen LogP contribution in [0.5, 0.6) is 5.75 Å². The summed E-state index contributed by atoms with van der Waals surface area (Å²) in [4.78, 5) is 2.11. The fraction of sp³-hybridized carbons (Fsp3) is 0.500. The zero-order chi connectivity index (χ0) is 12.1. The lowest BCUT2D eigenvalue weighted by molar-refractivity contribution is 0.111. The second-order valence-corrected chi connectivity index (χ2v) is 4.11. The molecule has 0 radical (unpaired) electrons. The Labute approximate surface area is 96.6 Å². The molecular weight excluding hydrogens is 204 g/mol. The number of hydrogen-bond acceptors (Lipinski definition) is 4. The minimum atomic E-state index is 0.283. The van der Waals surface area contributed by atoms with Gasteiger partial charge in [0.2, 0.25) is 0 Å². The third-order valence-corrected chi connectivity index (χ3v) is 2.68. The molecule has 1 aromatic carbocycles. The van der Waals surface area contributed by atoms with E-state index >= 15 is 0 Å². The number of nitrogens with zero attached hydrogens (tertiary/aromatic N) is 1. The molecule has 0 amide bonds. The van der Waals surface area contributed by atoms with E-state index in [4.69, 9.17) is 10.5 Å². The van der Waals surface area contributed by atoms with E-state index in [1.807, 2.05) is 7.05 Å². The first kappa shape index (κ1) is 12.8. The van der Waals surface area contributed by atoms with Crippen LogP contribution in [-0.4, -0.2) is 36.8 Å². The second-order valence-electron chi connectivity index (χ2n) is 4.11. The number of likely N-dealkylation sites (N-methyl/N-ethyl adjacent to an activating group) is 1. The van der Waals surface area contributed by atoms with E-state index in [1.165, 1.54) is 0 Å². The van der Waals surface area contributed by atoms with Crippen LogP contribution >= 0.6 is 0 Å². The first-order chi connectivity index (χ1) is 7.54. The first-order valence-electron chi connectivity index (χ1n) is 5.31. The average Bonchev–Trinajstić information content (AvgIpc) is 2.23. The van der Waals surface area contributed by atoms with Crippen LogP contribution in [0.3, 0.4) is 0 Å². The van der Waals surface area contributed by atoms with Crippen molar-refractivity contribution in [2.24, 2.45) is 0 Å². The van der Waals surface area contributed by atoms with Crippen LogP contribution in [0.2, 0.25) is 0 Å². The van der Waals surface area contributed by atoms with E-state index in [0.717, 1.165) is 5.56 Å². The maximum Gasteiger partial charge on any atom is 0.120 e. The number of nitrogens with two attached hydrogens (primary N) is 1.